The lowest BCUT2D eigenvalue weighted by molar-refractivity contribution is -0.385. The normalized spacial score (nSPS) is 18.6. The number of rotatable bonds is 4. The van der Waals surface area contributed by atoms with Crippen molar-refractivity contribution in [3.05, 3.63) is 39.4 Å². The van der Waals surface area contributed by atoms with Crippen molar-refractivity contribution in [2.24, 2.45) is 5.73 Å². The number of amides is 1. The third-order valence-electron chi connectivity index (χ3n) is 4.07. The molecule has 6 heteroatoms. The maximum atomic E-state index is 12.6. The molecule has 6 nitrogen and oxygen atoms in total. The van der Waals surface area contributed by atoms with E-state index >= 15 is 0 Å². The predicted molar refractivity (Wildman–Crippen MR) is 80.2 cm³/mol. The zero-order valence-electron chi connectivity index (χ0n) is 12.2. The van der Waals surface area contributed by atoms with E-state index in [0.717, 1.165) is 19.3 Å². The van der Waals surface area contributed by atoms with Crippen LogP contribution in [0.2, 0.25) is 0 Å². The number of piperidine rings is 1. The first-order valence-corrected chi connectivity index (χ1v) is 7.36. The van der Waals surface area contributed by atoms with Crippen LogP contribution in [0, 0.1) is 10.1 Å². The predicted octanol–water partition coefficient (Wildman–Crippen LogP) is 2.11. The van der Waals surface area contributed by atoms with Crippen molar-refractivity contribution in [2.75, 3.05) is 13.1 Å². The molecule has 1 saturated heterocycles. The Kier molecular flexibility index (Phi) is 4.90. The van der Waals surface area contributed by atoms with Crippen molar-refractivity contribution in [2.45, 2.75) is 38.6 Å². The van der Waals surface area contributed by atoms with E-state index in [0.29, 0.717) is 30.6 Å². The van der Waals surface area contributed by atoms with Gasteiger partial charge >= 0.3 is 0 Å². The van der Waals surface area contributed by atoms with E-state index in [2.05, 4.69) is 0 Å². The van der Waals surface area contributed by atoms with E-state index < -0.39 is 4.92 Å². The van der Waals surface area contributed by atoms with E-state index in [9.17, 15) is 14.9 Å². The Labute approximate surface area is 124 Å². The summed E-state index contributed by atoms with van der Waals surface area (Å²) >= 11 is 0. The van der Waals surface area contributed by atoms with Crippen molar-refractivity contribution < 1.29 is 9.72 Å². The zero-order chi connectivity index (χ0) is 15.4. The molecule has 1 fully saturated rings. The maximum absolute atomic E-state index is 12.6. The first-order valence-electron chi connectivity index (χ1n) is 7.36. The van der Waals surface area contributed by atoms with Gasteiger partial charge in [-0.05, 0) is 31.7 Å². The molecule has 0 aromatic heterocycles. The van der Waals surface area contributed by atoms with Crippen LogP contribution in [0.15, 0.2) is 18.2 Å². The highest BCUT2D eigenvalue weighted by Crippen LogP contribution is 2.24. The Bertz CT molecular complexity index is 545. The summed E-state index contributed by atoms with van der Waals surface area (Å²) in [7, 11) is 0. The van der Waals surface area contributed by atoms with Gasteiger partial charge in [-0.1, -0.05) is 13.0 Å². The molecular formula is C15H21N3O3. The number of nitrogens with two attached hydrogens (primary N) is 1. The number of carbonyl (C=O) groups excluding carboxylic acids is 1. The lowest BCUT2D eigenvalue weighted by atomic mass is 10.00. The number of hydrogen-bond acceptors (Lipinski definition) is 4. The van der Waals surface area contributed by atoms with Gasteiger partial charge in [-0.2, -0.15) is 0 Å². The highest BCUT2D eigenvalue weighted by molar-refractivity contribution is 5.95. The average molecular weight is 291 g/mol. The van der Waals surface area contributed by atoms with Gasteiger partial charge in [-0.3, -0.25) is 14.9 Å². The van der Waals surface area contributed by atoms with E-state index in [1.54, 1.807) is 17.0 Å². The molecule has 0 bridgehead atoms. The van der Waals surface area contributed by atoms with Crippen LogP contribution < -0.4 is 5.73 Å². The number of likely N-dealkylation sites (tertiary alicyclic amines) is 1. The minimum Gasteiger partial charge on any atom is -0.334 e. The number of nitro benzene ring substituents is 1. The first kappa shape index (κ1) is 15.4. The number of carbonyl (C=O) groups is 1. The number of aryl methyl sites for hydroxylation is 1. The number of nitrogens with zero attached hydrogens (tertiary/aromatic N) is 2. The minimum atomic E-state index is -0.424. The van der Waals surface area contributed by atoms with Gasteiger partial charge in [0.05, 0.1) is 4.92 Å². The molecule has 1 heterocycles. The van der Waals surface area contributed by atoms with E-state index in [4.69, 9.17) is 5.73 Å². The van der Waals surface area contributed by atoms with Crippen LogP contribution >= 0.6 is 0 Å². The second-order valence-corrected chi connectivity index (χ2v) is 5.34. The van der Waals surface area contributed by atoms with Gasteiger partial charge in [0.2, 0.25) is 0 Å². The van der Waals surface area contributed by atoms with Gasteiger partial charge < -0.3 is 10.6 Å². The molecule has 0 spiro atoms. The average Bonchev–Trinajstić information content (AvgIpc) is 2.53. The molecule has 1 aromatic carbocycles. The Morgan fingerprint density at radius 3 is 2.86 bits per heavy atom. The van der Waals surface area contributed by atoms with Crippen molar-refractivity contribution in [3.8, 4) is 0 Å². The highest BCUT2D eigenvalue weighted by Gasteiger charge is 2.27. The summed E-state index contributed by atoms with van der Waals surface area (Å²) in [5.74, 6) is -0.157. The standard InChI is InChI=1S/C15H21N3O3/c1-2-11-6-7-12(9-14(11)18(20)21)15(19)17-8-4-3-5-13(17)10-16/h6-7,9,13H,2-5,8,10,16H2,1H3. The summed E-state index contributed by atoms with van der Waals surface area (Å²) in [6.45, 7) is 2.96. The van der Waals surface area contributed by atoms with Crippen molar-refractivity contribution >= 4 is 11.6 Å². The SMILES string of the molecule is CCc1ccc(C(=O)N2CCCCC2CN)cc1[N+](=O)[O-]. The van der Waals surface area contributed by atoms with Gasteiger partial charge in [-0.15, -0.1) is 0 Å². The van der Waals surface area contributed by atoms with Crippen molar-refractivity contribution in [1.82, 2.24) is 4.90 Å². The number of nitro groups is 1. The third-order valence-corrected chi connectivity index (χ3v) is 4.07. The molecule has 1 aromatic rings. The van der Waals surface area contributed by atoms with Gasteiger partial charge in [0, 0.05) is 36.3 Å². The van der Waals surface area contributed by atoms with Crippen LogP contribution in [-0.4, -0.2) is 34.9 Å². The van der Waals surface area contributed by atoms with Gasteiger partial charge in [0.15, 0.2) is 0 Å². The fourth-order valence-corrected chi connectivity index (χ4v) is 2.84. The monoisotopic (exact) mass is 291 g/mol. The summed E-state index contributed by atoms with van der Waals surface area (Å²) in [4.78, 5) is 25.0. The largest absolute Gasteiger partial charge is 0.334 e. The molecule has 21 heavy (non-hydrogen) atoms. The van der Waals surface area contributed by atoms with Crippen molar-refractivity contribution in [1.29, 1.82) is 0 Å². The van der Waals surface area contributed by atoms with Crippen LogP contribution in [-0.2, 0) is 6.42 Å². The lowest BCUT2D eigenvalue weighted by Crippen LogP contribution is -2.47. The molecule has 1 aliphatic rings. The van der Waals surface area contributed by atoms with E-state index in [1.807, 2.05) is 6.92 Å². The molecule has 1 atom stereocenters. The topological polar surface area (TPSA) is 89.5 Å². The second kappa shape index (κ2) is 6.67. The Balaban J connectivity index is 2.30. The molecule has 1 unspecified atom stereocenters. The van der Waals surface area contributed by atoms with Gasteiger partial charge in [-0.25, -0.2) is 0 Å². The molecule has 0 aliphatic carbocycles. The second-order valence-electron chi connectivity index (χ2n) is 5.34. The molecule has 0 radical (unpaired) electrons. The smallest absolute Gasteiger partial charge is 0.273 e. The fourth-order valence-electron chi connectivity index (χ4n) is 2.84. The molecular weight excluding hydrogens is 270 g/mol. The first-order chi connectivity index (χ1) is 10.1. The third kappa shape index (κ3) is 3.21. The highest BCUT2D eigenvalue weighted by atomic mass is 16.6. The molecule has 1 amide bonds. The summed E-state index contributed by atoms with van der Waals surface area (Å²) in [6.07, 6.45) is 3.50. The van der Waals surface area contributed by atoms with Crippen LogP contribution in [0.4, 0.5) is 5.69 Å². The summed E-state index contributed by atoms with van der Waals surface area (Å²) < 4.78 is 0. The van der Waals surface area contributed by atoms with Crippen LogP contribution in [0.25, 0.3) is 0 Å². The van der Waals surface area contributed by atoms with Crippen molar-refractivity contribution in [3.63, 3.8) is 0 Å². The van der Waals surface area contributed by atoms with Gasteiger partial charge in [0.25, 0.3) is 11.6 Å². The fraction of sp³-hybridized carbons (Fsp3) is 0.533. The number of benzene rings is 1. The van der Waals surface area contributed by atoms with E-state index in [1.165, 1.54) is 6.07 Å². The summed E-state index contributed by atoms with van der Waals surface area (Å²) in [5, 5.41) is 11.1. The Morgan fingerprint density at radius 2 is 2.24 bits per heavy atom. The van der Waals surface area contributed by atoms with Crippen LogP contribution in [0.3, 0.4) is 0 Å². The van der Waals surface area contributed by atoms with Crippen LogP contribution in [0.1, 0.15) is 42.1 Å². The molecule has 0 saturated carbocycles. The Hall–Kier alpha value is -1.95. The van der Waals surface area contributed by atoms with Crippen LogP contribution in [0.5, 0.6) is 0 Å². The molecule has 1 aliphatic heterocycles. The summed E-state index contributed by atoms with van der Waals surface area (Å²) in [6, 6.07) is 4.78. The molecule has 114 valence electrons. The maximum Gasteiger partial charge on any atom is 0.273 e. The minimum absolute atomic E-state index is 0.0182. The summed E-state index contributed by atoms with van der Waals surface area (Å²) in [5.41, 5.74) is 6.77. The van der Waals surface area contributed by atoms with E-state index in [-0.39, 0.29) is 17.6 Å². The lowest BCUT2D eigenvalue weighted by Gasteiger charge is -2.35. The Morgan fingerprint density at radius 1 is 1.48 bits per heavy atom. The molecule has 2 N–H and O–H groups in total. The van der Waals surface area contributed by atoms with Gasteiger partial charge in [0.1, 0.15) is 0 Å². The zero-order valence-corrected chi connectivity index (χ0v) is 12.2. The molecule has 2 rings (SSSR count). The number of hydrogen-bond donors (Lipinski definition) is 1. The quantitative estimate of drug-likeness (QED) is 0.679.